The lowest BCUT2D eigenvalue weighted by Crippen LogP contribution is -2.49. The van der Waals surface area contributed by atoms with Gasteiger partial charge in [-0.15, -0.1) is 0 Å². The molecule has 10 heteroatoms. The number of hydrogen-bond donors (Lipinski definition) is 4. The van der Waals surface area contributed by atoms with Crippen molar-refractivity contribution in [2.75, 3.05) is 13.2 Å². The molecule has 0 fully saturated rings. The van der Waals surface area contributed by atoms with Crippen LogP contribution in [-0.4, -0.2) is 54.0 Å². The van der Waals surface area contributed by atoms with Crippen LogP contribution < -0.4 is 22.5 Å². The third kappa shape index (κ3) is 6.05. The number of fused-ring (bicyclic) bond motifs is 1. The monoisotopic (exact) mass is 416 g/mol. The number of carbonyl (C=O) groups excluding carboxylic acids is 3. The van der Waals surface area contributed by atoms with Crippen LogP contribution in [0.25, 0.3) is 10.9 Å². The summed E-state index contributed by atoms with van der Waals surface area (Å²) in [6, 6.07) is 5.58. The van der Waals surface area contributed by atoms with Crippen LogP contribution in [0.15, 0.2) is 35.5 Å². The highest BCUT2D eigenvalue weighted by Gasteiger charge is 2.25. The molecule has 0 aliphatic rings. The minimum Gasteiger partial charge on any atom is -0.464 e. The number of guanidine groups is 1. The maximum atomic E-state index is 12.6. The first kappa shape index (κ1) is 22.9. The predicted molar refractivity (Wildman–Crippen MR) is 114 cm³/mol. The molecule has 1 aromatic heterocycles. The average Bonchev–Trinajstić information content (AvgIpc) is 3.07. The molecule has 2 atom stereocenters. The van der Waals surface area contributed by atoms with Gasteiger partial charge in [-0.2, -0.15) is 0 Å². The molecule has 0 aliphatic carbocycles. The van der Waals surface area contributed by atoms with Gasteiger partial charge in [0.15, 0.2) is 5.96 Å². The van der Waals surface area contributed by atoms with Crippen molar-refractivity contribution in [2.24, 2.45) is 22.2 Å². The molecule has 30 heavy (non-hydrogen) atoms. The second-order valence-corrected chi connectivity index (χ2v) is 6.76. The molecule has 7 N–H and O–H groups in total. The Morgan fingerprint density at radius 3 is 2.70 bits per heavy atom. The standard InChI is InChI=1S/C20H28N6O4/c1-2-30-19(29)16(7-5-9-24-20(22)23)25-18(28)15(21)10-13-11-26(12-27)17-8-4-3-6-14(13)17/h3-4,6,8,11-12,15-16H,2,5,7,9-10,21H2,1H3,(H,25,28)(H4,22,23,24)/t15-,16-/m0/s1. The van der Waals surface area contributed by atoms with E-state index in [4.69, 9.17) is 21.9 Å². The molecule has 1 heterocycles. The van der Waals surface area contributed by atoms with Crippen LogP contribution in [0, 0.1) is 0 Å². The third-order valence-electron chi connectivity index (χ3n) is 4.55. The molecule has 162 valence electrons. The minimum atomic E-state index is -0.912. The lowest BCUT2D eigenvalue weighted by molar-refractivity contribution is -0.147. The van der Waals surface area contributed by atoms with E-state index >= 15 is 0 Å². The van der Waals surface area contributed by atoms with E-state index in [1.54, 1.807) is 13.1 Å². The second-order valence-electron chi connectivity index (χ2n) is 6.76. The number of rotatable bonds is 11. The van der Waals surface area contributed by atoms with Gasteiger partial charge in [0.1, 0.15) is 6.04 Å². The molecular weight excluding hydrogens is 388 g/mol. The molecule has 0 bridgehead atoms. The van der Waals surface area contributed by atoms with Gasteiger partial charge in [-0.1, -0.05) is 18.2 Å². The summed E-state index contributed by atoms with van der Waals surface area (Å²) in [4.78, 5) is 40.0. The topological polar surface area (TPSA) is 168 Å². The number of benzene rings is 1. The van der Waals surface area contributed by atoms with Gasteiger partial charge in [-0.25, -0.2) is 4.79 Å². The van der Waals surface area contributed by atoms with E-state index in [1.165, 1.54) is 4.57 Å². The highest BCUT2D eigenvalue weighted by molar-refractivity contribution is 5.91. The molecule has 0 saturated heterocycles. The summed E-state index contributed by atoms with van der Waals surface area (Å²) in [5.74, 6) is -1.07. The average molecular weight is 416 g/mol. The van der Waals surface area contributed by atoms with Crippen molar-refractivity contribution in [1.29, 1.82) is 0 Å². The summed E-state index contributed by atoms with van der Waals surface area (Å²) in [5.41, 5.74) is 18.2. The molecule has 0 aliphatic heterocycles. The van der Waals surface area contributed by atoms with Crippen LogP contribution in [-0.2, 0) is 25.5 Å². The van der Waals surface area contributed by atoms with E-state index < -0.39 is 24.0 Å². The number of nitrogens with one attached hydrogen (secondary N) is 1. The zero-order chi connectivity index (χ0) is 22.1. The summed E-state index contributed by atoms with van der Waals surface area (Å²) in [7, 11) is 0. The first-order valence-electron chi connectivity index (χ1n) is 9.69. The Bertz CT molecular complexity index is 919. The van der Waals surface area contributed by atoms with Gasteiger partial charge in [0.05, 0.1) is 18.2 Å². The van der Waals surface area contributed by atoms with Crippen LogP contribution in [0.3, 0.4) is 0 Å². The van der Waals surface area contributed by atoms with Crippen LogP contribution in [0.4, 0.5) is 0 Å². The fourth-order valence-corrected chi connectivity index (χ4v) is 3.13. The van der Waals surface area contributed by atoms with Crippen molar-refractivity contribution >= 4 is 35.1 Å². The van der Waals surface area contributed by atoms with Crippen LogP contribution in [0.2, 0.25) is 0 Å². The van der Waals surface area contributed by atoms with Crippen LogP contribution in [0.1, 0.15) is 25.3 Å². The van der Waals surface area contributed by atoms with Crippen molar-refractivity contribution < 1.29 is 19.1 Å². The van der Waals surface area contributed by atoms with E-state index in [0.717, 1.165) is 16.5 Å². The van der Waals surface area contributed by atoms with Crippen molar-refractivity contribution in [1.82, 2.24) is 9.88 Å². The second kappa shape index (κ2) is 11.0. The number of nitrogens with two attached hydrogens (primary N) is 3. The first-order chi connectivity index (χ1) is 14.4. The number of nitrogens with zero attached hydrogens (tertiary/aromatic N) is 2. The Labute approximate surface area is 174 Å². The first-order valence-corrected chi connectivity index (χ1v) is 9.69. The SMILES string of the molecule is CCOC(=O)[C@H](CCCN=C(N)N)NC(=O)[C@@H](N)Cc1cn(C=O)c2ccccc12. The lowest BCUT2D eigenvalue weighted by atomic mass is 10.0. The highest BCUT2D eigenvalue weighted by atomic mass is 16.5. The molecule has 0 saturated carbocycles. The Morgan fingerprint density at radius 1 is 1.30 bits per heavy atom. The maximum absolute atomic E-state index is 12.6. The normalized spacial score (nSPS) is 12.7. The Kier molecular flexibility index (Phi) is 8.36. The molecule has 1 amide bonds. The Morgan fingerprint density at radius 2 is 2.03 bits per heavy atom. The number of aromatic nitrogens is 1. The maximum Gasteiger partial charge on any atom is 0.328 e. The zero-order valence-corrected chi connectivity index (χ0v) is 16.9. The molecule has 2 rings (SSSR count). The molecule has 1 aromatic carbocycles. The summed E-state index contributed by atoms with van der Waals surface area (Å²) < 4.78 is 6.48. The van der Waals surface area contributed by atoms with Crippen molar-refractivity contribution in [3.05, 3.63) is 36.0 Å². The van der Waals surface area contributed by atoms with Crippen molar-refractivity contribution in [3.63, 3.8) is 0 Å². The number of amides is 1. The quantitative estimate of drug-likeness (QED) is 0.128. The van der Waals surface area contributed by atoms with Gasteiger partial charge in [-0.05, 0) is 37.8 Å². The number of para-hydroxylation sites is 1. The third-order valence-corrected chi connectivity index (χ3v) is 4.55. The number of hydrogen-bond acceptors (Lipinski definition) is 6. The fourth-order valence-electron chi connectivity index (χ4n) is 3.13. The lowest BCUT2D eigenvalue weighted by Gasteiger charge is -2.19. The van der Waals surface area contributed by atoms with E-state index in [9.17, 15) is 14.4 Å². The fraction of sp³-hybridized carbons (Fsp3) is 0.400. The number of esters is 1. The van der Waals surface area contributed by atoms with Gasteiger partial charge in [0.25, 0.3) is 0 Å². The molecule has 0 spiro atoms. The summed E-state index contributed by atoms with van der Waals surface area (Å²) in [6.45, 7) is 2.20. The van der Waals surface area contributed by atoms with Gasteiger partial charge in [0, 0.05) is 18.1 Å². The molecule has 10 nitrogen and oxygen atoms in total. The summed E-state index contributed by atoms with van der Waals surface area (Å²) in [5, 5.41) is 3.49. The molecular formula is C20H28N6O4. The largest absolute Gasteiger partial charge is 0.464 e. The van der Waals surface area contributed by atoms with Crippen molar-refractivity contribution in [2.45, 2.75) is 38.3 Å². The van der Waals surface area contributed by atoms with Crippen LogP contribution >= 0.6 is 0 Å². The molecule has 0 unspecified atom stereocenters. The van der Waals surface area contributed by atoms with E-state index in [-0.39, 0.29) is 19.0 Å². The van der Waals surface area contributed by atoms with Gasteiger partial charge in [-0.3, -0.25) is 19.1 Å². The minimum absolute atomic E-state index is 0.0387. The zero-order valence-electron chi connectivity index (χ0n) is 16.9. The molecule has 2 aromatic rings. The van der Waals surface area contributed by atoms with Crippen LogP contribution in [0.5, 0.6) is 0 Å². The Balaban J connectivity index is 2.06. The Hall–Kier alpha value is -3.40. The summed E-state index contributed by atoms with van der Waals surface area (Å²) in [6.07, 6.45) is 3.34. The van der Waals surface area contributed by atoms with E-state index in [1.807, 2.05) is 24.3 Å². The van der Waals surface area contributed by atoms with Gasteiger partial charge < -0.3 is 27.3 Å². The smallest absolute Gasteiger partial charge is 0.328 e. The predicted octanol–water partition coefficient (Wildman–Crippen LogP) is -0.349. The highest BCUT2D eigenvalue weighted by Crippen LogP contribution is 2.21. The van der Waals surface area contributed by atoms with Crippen molar-refractivity contribution in [3.8, 4) is 0 Å². The molecule has 0 radical (unpaired) electrons. The number of aliphatic imine (C=N–C) groups is 1. The summed E-state index contributed by atoms with van der Waals surface area (Å²) >= 11 is 0. The van der Waals surface area contributed by atoms with E-state index in [0.29, 0.717) is 25.8 Å². The number of carbonyl (C=O) groups is 3. The van der Waals surface area contributed by atoms with E-state index in [2.05, 4.69) is 10.3 Å². The number of ether oxygens (including phenoxy) is 1. The van der Waals surface area contributed by atoms with Gasteiger partial charge in [0.2, 0.25) is 12.3 Å². The van der Waals surface area contributed by atoms with Gasteiger partial charge >= 0.3 is 5.97 Å².